The zero-order valence-electron chi connectivity index (χ0n) is 33.0. The lowest BCUT2D eigenvalue weighted by atomic mass is 9.33. The monoisotopic (exact) mass is 780 g/mol. The number of hydrogen-bond acceptors (Lipinski definition) is 13. The third kappa shape index (κ3) is 5.97. The molecule has 0 amide bonds. The Morgan fingerprint density at radius 3 is 2.22 bits per heavy atom. The summed E-state index contributed by atoms with van der Waals surface area (Å²) in [5.74, 6) is -1.18. The van der Waals surface area contributed by atoms with Crippen molar-refractivity contribution in [3.8, 4) is 0 Å². The molecule has 0 bridgehead atoms. The fourth-order valence-electron chi connectivity index (χ4n) is 13.3. The first-order valence-electron chi connectivity index (χ1n) is 20.3. The van der Waals surface area contributed by atoms with Crippen molar-refractivity contribution in [3.05, 3.63) is 11.6 Å². The predicted octanol–water partition coefficient (Wildman–Crippen LogP) is 1.67. The third-order valence-electron chi connectivity index (χ3n) is 16.9. The molecule has 2 saturated heterocycles. The first-order valence-corrected chi connectivity index (χ1v) is 20.3. The summed E-state index contributed by atoms with van der Waals surface area (Å²) in [5, 5.41) is 85.3. The van der Waals surface area contributed by atoms with Crippen LogP contribution in [-0.2, 0) is 28.5 Å². The van der Waals surface area contributed by atoms with E-state index >= 15 is 0 Å². The minimum Gasteiger partial charge on any atom is -0.481 e. The molecular weight excluding hydrogens is 716 g/mol. The number of fused-ring (bicyclic) bond motifs is 7. The number of carbonyl (C=O) groups excluding carboxylic acids is 1. The Morgan fingerprint density at radius 2 is 1.56 bits per heavy atom. The smallest absolute Gasteiger partial charge is 0.312 e. The number of allylic oxidation sites excluding steroid dienone is 2. The van der Waals surface area contributed by atoms with Gasteiger partial charge in [0.15, 0.2) is 12.6 Å². The number of ether oxygens (including phenoxy) is 4. The lowest BCUT2D eigenvalue weighted by molar-refractivity contribution is -0.366. The normalized spacial score (nSPS) is 54.8. The summed E-state index contributed by atoms with van der Waals surface area (Å²) in [6, 6.07) is 0. The van der Waals surface area contributed by atoms with E-state index in [-0.39, 0.29) is 40.6 Å². The quantitative estimate of drug-likeness (QED) is 0.104. The van der Waals surface area contributed by atoms with E-state index < -0.39 is 96.3 Å². The highest BCUT2D eigenvalue weighted by atomic mass is 16.8. The summed E-state index contributed by atoms with van der Waals surface area (Å²) in [6.45, 7) is 12.2. The van der Waals surface area contributed by atoms with Gasteiger partial charge in [-0.15, -0.1) is 0 Å². The number of aliphatic hydroxyl groups excluding tert-OH is 7. The maximum atomic E-state index is 13.4. The lowest BCUT2D eigenvalue weighted by Gasteiger charge is -2.71. The molecule has 55 heavy (non-hydrogen) atoms. The molecule has 0 aromatic heterocycles. The minimum atomic E-state index is -1.76. The molecular formula is C41H64O14. The number of aliphatic carboxylic acids is 1. The van der Waals surface area contributed by atoms with E-state index in [0.717, 1.165) is 25.5 Å². The summed E-state index contributed by atoms with van der Waals surface area (Å²) >= 11 is 0. The lowest BCUT2D eigenvalue weighted by Crippen LogP contribution is -2.68. The van der Waals surface area contributed by atoms with Gasteiger partial charge in [-0.25, -0.2) is 0 Å². The maximum absolute atomic E-state index is 13.4. The molecule has 0 aromatic carbocycles. The molecule has 8 N–H and O–H groups in total. The summed E-state index contributed by atoms with van der Waals surface area (Å²) in [4.78, 5) is 26.5. The molecule has 4 saturated carbocycles. The SMILES string of the molecule is CC1(C)CCC2(C(=O)O)C(C1)C1=CCC3C4(C)CC[C@H](O[C@@H]5OC[C@@H](O)[C@H](O)C5O[C@@H]5OC(CO)[C@H](O)C(O)[C@@H]5O)C(C)(C=O)[C@@H]4CC[C@]3(C)[C@]1(C)C[C@@H]2O. The fourth-order valence-corrected chi connectivity index (χ4v) is 13.3. The number of hydrogen-bond donors (Lipinski definition) is 8. The van der Waals surface area contributed by atoms with E-state index in [9.17, 15) is 50.4 Å². The van der Waals surface area contributed by atoms with E-state index in [4.69, 9.17) is 18.9 Å². The van der Waals surface area contributed by atoms with Gasteiger partial charge in [0, 0.05) is 0 Å². The molecule has 14 nitrogen and oxygen atoms in total. The second kappa shape index (κ2) is 14.0. The number of carboxylic acids is 1. The van der Waals surface area contributed by atoms with Crippen molar-refractivity contribution < 1.29 is 69.4 Å². The van der Waals surface area contributed by atoms with Gasteiger partial charge in [-0.2, -0.15) is 0 Å². The van der Waals surface area contributed by atoms with Gasteiger partial charge in [-0.05, 0) is 97.2 Å². The first-order chi connectivity index (χ1) is 25.6. The van der Waals surface area contributed by atoms with Crippen molar-refractivity contribution in [1.82, 2.24) is 0 Å². The van der Waals surface area contributed by atoms with Crippen LogP contribution in [0.4, 0.5) is 0 Å². The molecule has 2 heterocycles. The zero-order valence-corrected chi connectivity index (χ0v) is 33.0. The summed E-state index contributed by atoms with van der Waals surface area (Å²) in [6.07, 6.45) is -6.51. The average molecular weight is 781 g/mol. The Labute approximate surface area is 323 Å². The van der Waals surface area contributed by atoms with Crippen molar-refractivity contribution in [3.63, 3.8) is 0 Å². The molecule has 14 heteroatoms. The fraction of sp³-hybridized carbons (Fsp3) is 0.902. The maximum Gasteiger partial charge on any atom is 0.312 e. The van der Waals surface area contributed by atoms with Gasteiger partial charge in [0.1, 0.15) is 54.4 Å². The van der Waals surface area contributed by atoms with Crippen molar-refractivity contribution in [2.45, 2.75) is 167 Å². The van der Waals surface area contributed by atoms with Crippen LogP contribution in [0.3, 0.4) is 0 Å². The Balaban J connectivity index is 1.16. The van der Waals surface area contributed by atoms with Gasteiger partial charge in [0.2, 0.25) is 0 Å². The Bertz CT molecular complexity index is 1520. The topological polar surface area (TPSA) is 233 Å². The van der Waals surface area contributed by atoms with Gasteiger partial charge in [0.05, 0.1) is 30.8 Å². The van der Waals surface area contributed by atoms with E-state index in [0.29, 0.717) is 38.5 Å². The molecule has 7 aliphatic rings. The number of rotatable bonds is 7. The first kappa shape index (κ1) is 41.6. The molecule has 312 valence electrons. The number of aldehydes is 1. The van der Waals surface area contributed by atoms with Crippen LogP contribution < -0.4 is 0 Å². The van der Waals surface area contributed by atoms with Crippen LogP contribution >= 0.6 is 0 Å². The van der Waals surface area contributed by atoms with Crippen LogP contribution in [0.1, 0.15) is 99.3 Å². The second-order valence-corrected chi connectivity index (χ2v) is 20.0. The van der Waals surface area contributed by atoms with Gasteiger partial charge >= 0.3 is 5.97 Å². The molecule has 6 fully saturated rings. The molecule has 7 rings (SSSR count). The summed E-state index contributed by atoms with van der Waals surface area (Å²) in [7, 11) is 0. The molecule has 8 unspecified atom stereocenters. The van der Waals surface area contributed by atoms with E-state index in [1.54, 1.807) is 0 Å². The molecule has 5 aliphatic carbocycles. The van der Waals surface area contributed by atoms with Crippen molar-refractivity contribution >= 4 is 12.3 Å². The van der Waals surface area contributed by atoms with Gasteiger partial charge in [0.25, 0.3) is 0 Å². The highest BCUT2D eigenvalue weighted by Crippen LogP contribution is 2.75. The van der Waals surface area contributed by atoms with Gasteiger partial charge in [-0.1, -0.05) is 53.2 Å². The van der Waals surface area contributed by atoms with Crippen molar-refractivity contribution in [2.75, 3.05) is 13.2 Å². The molecule has 0 radical (unpaired) electrons. The highest BCUT2D eigenvalue weighted by molar-refractivity contribution is 5.77. The number of aliphatic hydroxyl groups is 7. The van der Waals surface area contributed by atoms with Gasteiger partial charge < -0.3 is 64.6 Å². The van der Waals surface area contributed by atoms with Crippen LogP contribution in [0.15, 0.2) is 11.6 Å². The van der Waals surface area contributed by atoms with E-state index in [1.807, 2.05) is 6.92 Å². The van der Waals surface area contributed by atoms with Gasteiger partial charge in [-0.3, -0.25) is 4.79 Å². The minimum absolute atomic E-state index is 0.0525. The largest absolute Gasteiger partial charge is 0.481 e. The number of carboxylic acid groups (broad SMARTS) is 1. The summed E-state index contributed by atoms with van der Waals surface area (Å²) in [5.41, 5.74) is -2.16. The van der Waals surface area contributed by atoms with E-state index in [2.05, 4.69) is 40.7 Å². The van der Waals surface area contributed by atoms with Crippen LogP contribution in [0, 0.1) is 50.2 Å². The van der Waals surface area contributed by atoms with E-state index in [1.165, 1.54) is 5.57 Å². The molecule has 0 spiro atoms. The van der Waals surface area contributed by atoms with Crippen LogP contribution in [-0.4, -0.2) is 134 Å². The van der Waals surface area contributed by atoms with Crippen LogP contribution in [0.2, 0.25) is 0 Å². The Kier molecular flexibility index (Phi) is 10.6. The van der Waals surface area contributed by atoms with Crippen LogP contribution in [0.5, 0.6) is 0 Å². The summed E-state index contributed by atoms with van der Waals surface area (Å²) < 4.78 is 23.9. The predicted molar refractivity (Wildman–Crippen MR) is 194 cm³/mol. The molecule has 0 aromatic rings. The zero-order chi connectivity index (χ0) is 40.3. The Hall–Kier alpha value is -1.56. The Morgan fingerprint density at radius 1 is 0.855 bits per heavy atom. The third-order valence-corrected chi connectivity index (χ3v) is 16.9. The highest BCUT2D eigenvalue weighted by Gasteiger charge is 2.72. The molecule has 2 aliphatic heterocycles. The standard InChI is InChI=1S/C41H64O14/c1-36(2)13-14-41(35(50)51)21(15-36)20-7-8-25-37(3)11-10-27(38(4,19-43)24(37)9-12-39(25,5)40(20,6)16-26(41)45)54-34-32(28(46)22(44)18-52-34)55-33-31(49)30(48)29(47)23(17-42)53-33/h7,19,21-34,42,44-49H,8-18H2,1-6H3,(H,50,51)/t21?,22-,23?,24-,25?,26+,27+,28+,29+,30?,31+,32?,33+,34+,37?,38?,39+,40-,41?/m1/s1. The van der Waals surface area contributed by atoms with Crippen LogP contribution in [0.25, 0.3) is 0 Å². The average Bonchev–Trinajstić information content (AvgIpc) is 3.12. The molecule has 19 atom stereocenters. The number of carbonyl (C=O) groups is 2. The van der Waals surface area contributed by atoms with Crippen molar-refractivity contribution in [2.24, 2.45) is 50.2 Å². The van der Waals surface area contributed by atoms with Crippen molar-refractivity contribution in [1.29, 1.82) is 0 Å². The second-order valence-electron chi connectivity index (χ2n) is 20.0.